The molecule has 1 unspecified atom stereocenters. The Morgan fingerprint density at radius 2 is 1.94 bits per heavy atom. The maximum Gasteiger partial charge on any atom is 0.417 e. The van der Waals surface area contributed by atoms with Gasteiger partial charge in [-0.3, -0.25) is 18.7 Å². The van der Waals surface area contributed by atoms with Crippen molar-refractivity contribution in [1.82, 2.24) is 29.3 Å². The Morgan fingerprint density at radius 1 is 1.12 bits per heavy atom. The van der Waals surface area contributed by atoms with E-state index in [4.69, 9.17) is 0 Å². The number of benzene rings is 1. The van der Waals surface area contributed by atoms with Gasteiger partial charge in [-0.2, -0.15) is 18.3 Å². The zero-order valence-electron chi connectivity index (χ0n) is 17.4. The van der Waals surface area contributed by atoms with Crippen LogP contribution >= 0.6 is 0 Å². The fourth-order valence-corrected chi connectivity index (χ4v) is 4.28. The normalized spacial score (nSPS) is 17.1. The van der Waals surface area contributed by atoms with Gasteiger partial charge in [0.25, 0.3) is 0 Å². The number of amides is 1. The number of aromatic nitrogens is 5. The van der Waals surface area contributed by atoms with Crippen molar-refractivity contribution in [3.63, 3.8) is 0 Å². The number of rotatable bonds is 3. The summed E-state index contributed by atoms with van der Waals surface area (Å²) >= 11 is 0. The number of likely N-dealkylation sites (tertiary alicyclic amines) is 1. The smallest absolute Gasteiger partial charge is 0.340 e. The highest BCUT2D eigenvalue weighted by atomic mass is 19.4. The second-order valence-corrected chi connectivity index (χ2v) is 8.06. The van der Waals surface area contributed by atoms with Gasteiger partial charge < -0.3 is 4.90 Å². The van der Waals surface area contributed by atoms with E-state index >= 15 is 0 Å². The van der Waals surface area contributed by atoms with Gasteiger partial charge in [0.2, 0.25) is 11.3 Å². The van der Waals surface area contributed by atoms with E-state index in [1.54, 1.807) is 29.2 Å². The largest absolute Gasteiger partial charge is 0.417 e. The van der Waals surface area contributed by atoms with Crippen molar-refractivity contribution in [2.24, 2.45) is 0 Å². The van der Waals surface area contributed by atoms with Crippen molar-refractivity contribution in [1.29, 1.82) is 0 Å². The molecule has 1 fully saturated rings. The van der Waals surface area contributed by atoms with Gasteiger partial charge in [0, 0.05) is 30.6 Å². The van der Waals surface area contributed by atoms with E-state index in [2.05, 4.69) is 15.3 Å². The average Bonchev–Trinajstić information content (AvgIpc) is 3.24. The van der Waals surface area contributed by atoms with Crippen LogP contribution in [0.4, 0.5) is 13.2 Å². The van der Waals surface area contributed by atoms with Gasteiger partial charge in [0.1, 0.15) is 12.4 Å². The summed E-state index contributed by atoms with van der Waals surface area (Å²) in [6, 6.07) is 9.20. The number of pyridine rings is 1. The molecule has 1 saturated heterocycles. The van der Waals surface area contributed by atoms with Gasteiger partial charge in [-0.25, -0.2) is 0 Å². The number of hydrogen-bond donors (Lipinski definition) is 0. The molecule has 1 atom stereocenters. The molecule has 0 saturated carbocycles. The first-order valence-corrected chi connectivity index (χ1v) is 10.5. The van der Waals surface area contributed by atoms with Crippen molar-refractivity contribution in [2.75, 3.05) is 13.1 Å². The minimum absolute atomic E-state index is 0.0493. The van der Waals surface area contributed by atoms with Crippen LogP contribution in [0, 0.1) is 0 Å². The van der Waals surface area contributed by atoms with E-state index in [-0.39, 0.29) is 23.8 Å². The molecule has 1 aliphatic rings. The van der Waals surface area contributed by atoms with Crippen LogP contribution in [-0.4, -0.2) is 48.3 Å². The molecule has 0 radical (unpaired) electrons. The number of fused-ring (bicyclic) bond motifs is 2. The van der Waals surface area contributed by atoms with Crippen LogP contribution in [0.1, 0.15) is 30.1 Å². The summed E-state index contributed by atoms with van der Waals surface area (Å²) in [4.78, 5) is 26.7. The summed E-state index contributed by atoms with van der Waals surface area (Å²) in [6.45, 7) is 0.790. The molecule has 170 valence electrons. The third-order valence-electron chi connectivity index (χ3n) is 5.94. The Bertz CT molecular complexity index is 1410. The van der Waals surface area contributed by atoms with Gasteiger partial charge >= 0.3 is 6.18 Å². The van der Waals surface area contributed by atoms with E-state index in [9.17, 15) is 22.8 Å². The molecule has 1 aromatic carbocycles. The monoisotopic (exact) mass is 456 g/mol. The van der Waals surface area contributed by atoms with Crippen molar-refractivity contribution < 1.29 is 18.0 Å². The third kappa shape index (κ3) is 3.94. The van der Waals surface area contributed by atoms with Crippen LogP contribution in [-0.2, 0) is 17.5 Å². The molecular weight excluding hydrogens is 437 g/mol. The van der Waals surface area contributed by atoms with Gasteiger partial charge in [-0.15, -0.1) is 10.2 Å². The Labute approximate surface area is 185 Å². The molecule has 5 rings (SSSR count). The second kappa shape index (κ2) is 7.98. The topological polar surface area (TPSA) is 85.4 Å². The molecular formula is C22H19F3N6O2. The predicted octanol–water partition coefficient (Wildman–Crippen LogP) is 2.86. The lowest BCUT2D eigenvalue weighted by atomic mass is 9.97. The fraction of sp³-hybridized carbons (Fsp3) is 0.318. The molecule has 3 aromatic heterocycles. The number of carbonyl (C=O) groups excluding carboxylic acids is 1. The van der Waals surface area contributed by atoms with Crippen LogP contribution < -0.4 is 5.43 Å². The number of para-hydroxylation sites is 1. The Morgan fingerprint density at radius 3 is 2.76 bits per heavy atom. The fourth-order valence-electron chi connectivity index (χ4n) is 4.28. The standard InChI is InChI=1S/C22H19F3N6O2/c23-22(24,25)15-7-8-19-27-28-21(30(19)12-15)14-4-3-9-29(11-14)20(33)13-31-17-6-2-1-5-16(17)18(32)10-26-31/h1-2,5-8,10,12,14H,3-4,9,11,13H2. The summed E-state index contributed by atoms with van der Waals surface area (Å²) in [5.74, 6) is -0.0359. The molecule has 8 nitrogen and oxygen atoms in total. The Balaban J connectivity index is 1.39. The van der Waals surface area contributed by atoms with Gasteiger partial charge in [0.15, 0.2) is 5.65 Å². The van der Waals surface area contributed by atoms with Gasteiger partial charge in [-0.1, -0.05) is 12.1 Å². The zero-order valence-corrected chi connectivity index (χ0v) is 17.4. The second-order valence-electron chi connectivity index (χ2n) is 8.06. The molecule has 11 heteroatoms. The highest BCUT2D eigenvalue weighted by Gasteiger charge is 2.33. The lowest BCUT2D eigenvalue weighted by molar-refractivity contribution is -0.138. The molecule has 0 spiro atoms. The number of nitrogens with zero attached hydrogens (tertiary/aromatic N) is 6. The first kappa shape index (κ1) is 21.1. The van der Waals surface area contributed by atoms with Gasteiger partial charge in [0.05, 0.1) is 17.3 Å². The summed E-state index contributed by atoms with van der Waals surface area (Å²) in [7, 11) is 0. The summed E-state index contributed by atoms with van der Waals surface area (Å²) in [5.41, 5.74) is -0.111. The van der Waals surface area contributed by atoms with Crippen LogP contribution in [0.3, 0.4) is 0 Å². The molecule has 0 N–H and O–H groups in total. The molecule has 1 amide bonds. The average molecular weight is 456 g/mol. The molecule has 1 aliphatic heterocycles. The minimum atomic E-state index is -4.48. The highest BCUT2D eigenvalue weighted by molar-refractivity contribution is 5.81. The number of piperidine rings is 1. The predicted molar refractivity (Wildman–Crippen MR) is 113 cm³/mol. The Kier molecular flexibility index (Phi) is 5.10. The van der Waals surface area contributed by atoms with Crippen LogP contribution in [0.2, 0.25) is 0 Å². The Hall–Kier alpha value is -3.76. The maximum atomic E-state index is 13.2. The van der Waals surface area contributed by atoms with E-state index in [1.807, 2.05) is 0 Å². The van der Waals surface area contributed by atoms with Crippen LogP contribution in [0.25, 0.3) is 16.6 Å². The highest BCUT2D eigenvalue weighted by Crippen LogP contribution is 2.31. The van der Waals surface area contributed by atoms with E-state index in [0.29, 0.717) is 48.3 Å². The quantitative estimate of drug-likeness (QED) is 0.473. The number of hydrogen-bond acceptors (Lipinski definition) is 5. The van der Waals surface area contributed by atoms with Gasteiger partial charge in [-0.05, 0) is 37.1 Å². The number of alkyl halides is 3. The SMILES string of the molecule is O=C(Cn1ncc(=O)c2ccccc21)N1CCCC(c2nnc3ccc(C(F)(F)F)cn23)C1. The van der Waals surface area contributed by atoms with Crippen molar-refractivity contribution >= 4 is 22.5 Å². The van der Waals surface area contributed by atoms with Crippen molar-refractivity contribution in [3.8, 4) is 0 Å². The molecule has 0 bridgehead atoms. The van der Waals surface area contributed by atoms with Crippen molar-refractivity contribution in [2.45, 2.75) is 31.5 Å². The van der Waals surface area contributed by atoms with Crippen LogP contribution in [0.15, 0.2) is 53.6 Å². The molecule has 4 heterocycles. The number of carbonyl (C=O) groups is 1. The third-order valence-corrected chi connectivity index (χ3v) is 5.94. The molecule has 33 heavy (non-hydrogen) atoms. The summed E-state index contributed by atoms with van der Waals surface area (Å²) < 4.78 is 42.4. The van der Waals surface area contributed by atoms with E-state index in [0.717, 1.165) is 12.3 Å². The lowest BCUT2D eigenvalue weighted by Crippen LogP contribution is -2.41. The minimum Gasteiger partial charge on any atom is -0.340 e. The summed E-state index contributed by atoms with van der Waals surface area (Å²) in [6.07, 6.45) is -0.920. The van der Waals surface area contributed by atoms with Crippen molar-refractivity contribution in [3.05, 3.63) is 70.4 Å². The summed E-state index contributed by atoms with van der Waals surface area (Å²) in [5, 5.41) is 12.7. The first-order valence-electron chi connectivity index (χ1n) is 10.5. The lowest BCUT2D eigenvalue weighted by Gasteiger charge is -2.32. The molecule has 4 aromatic rings. The number of halogens is 3. The van der Waals surface area contributed by atoms with E-state index in [1.165, 1.54) is 21.3 Å². The first-order chi connectivity index (χ1) is 15.8. The zero-order chi connectivity index (χ0) is 23.2. The maximum absolute atomic E-state index is 13.2. The molecule has 0 aliphatic carbocycles. The van der Waals surface area contributed by atoms with Crippen LogP contribution in [0.5, 0.6) is 0 Å². The van der Waals surface area contributed by atoms with E-state index < -0.39 is 11.7 Å².